The van der Waals surface area contributed by atoms with Crippen molar-refractivity contribution in [3.63, 3.8) is 0 Å². The van der Waals surface area contributed by atoms with E-state index in [2.05, 4.69) is 0 Å². The van der Waals surface area contributed by atoms with Crippen molar-refractivity contribution >= 4 is 110 Å². The van der Waals surface area contributed by atoms with E-state index in [4.69, 9.17) is 10.5 Å². The number of rotatable bonds is 0. The molecule has 0 aromatic heterocycles. The molecule has 4 heavy (non-hydrogen) atoms. The number of hydrogen-bond donors (Lipinski definition) is 2. The van der Waals surface area contributed by atoms with Gasteiger partial charge in [0.1, 0.15) is 0 Å². The maximum absolute atomic E-state index is 6.00. The molecule has 0 aliphatic rings. The van der Waals surface area contributed by atoms with Gasteiger partial charge in [-0.1, -0.05) is 0 Å². The molecule has 0 bridgehead atoms. The minimum absolute atomic E-state index is 0. The van der Waals surface area contributed by atoms with Crippen LogP contribution in [-0.2, 0) is 0 Å². The van der Waals surface area contributed by atoms with Crippen LogP contribution in [0, 0.1) is 0 Å². The van der Waals surface area contributed by atoms with Crippen molar-refractivity contribution in [3.8, 4) is 0 Å². The monoisotopic (exact) mass is 160 g/mol. The van der Waals surface area contributed by atoms with Gasteiger partial charge < -0.3 is 0 Å². The van der Waals surface area contributed by atoms with Crippen molar-refractivity contribution in [2.75, 3.05) is 0 Å². The third-order valence-corrected chi connectivity index (χ3v) is 0. The third-order valence-electron chi connectivity index (χ3n) is 0. The van der Waals surface area contributed by atoms with Gasteiger partial charge in [0.15, 0.2) is 0 Å². The molecule has 2 N–H and O–H groups in total. The molecular weight excluding hydrogens is 157 g/mol. The Bertz CT molecular complexity index is 6.00. The first-order valence-electron chi connectivity index (χ1n) is 0.200. The van der Waals surface area contributed by atoms with Crippen molar-refractivity contribution in [2.24, 2.45) is 0 Å². The molecule has 0 unspecified atom stereocenters. The maximum atomic E-state index is 6.00. The summed E-state index contributed by atoms with van der Waals surface area (Å²) in [4.78, 5) is 0. The molecule has 0 aliphatic carbocycles. The Kier molecular flexibility index (Phi) is 63.4. The van der Waals surface area contributed by atoms with Gasteiger partial charge in [-0.2, -0.15) is 0 Å². The van der Waals surface area contributed by atoms with E-state index in [-0.39, 0.29) is 110 Å². The van der Waals surface area contributed by atoms with Crippen LogP contribution in [0.1, 0.15) is 0 Å². The Hall–Kier alpha value is 3.36. The number of hydrogen-bond acceptors (Lipinski definition) is 2. The standard InChI is InChI=1S/K.H2O2.Rb.2H/c;1-2;;;/h;1-2H;;;. The quantitative estimate of drug-likeness (QED) is 0.263. The van der Waals surface area contributed by atoms with Gasteiger partial charge >= 0.3 is 110 Å². The van der Waals surface area contributed by atoms with E-state index < -0.39 is 0 Å². The summed E-state index contributed by atoms with van der Waals surface area (Å²) in [6.07, 6.45) is 0. The van der Waals surface area contributed by atoms with E-state index >= 15 is 0 Å². The minimum atomic E-state index is 0. The summed E-state index contributed by atoms with van der Waals surface area (Å²) in [6.45, 7) is 0. The summed E-state index contributed by atoms with van der Waals surface area (Å²) in [7, 11) is 0. The summed E-state index contributed by atoms with van der Waals surface area (Å²) in [6, 6.07) is 0. The van der Waals surface area contributed by atoms with Crippen LogP contribution in [0.4, 0.5) is 0 Å². The van der Waals surface area contributed by atoms with Crippen molar-refractivity contribution in [1.29, 1.82) is 0 Å². The normalized spacial score (nSPS) is 1.50. The van der Waals surface area contributed by atoms with Crippen molar-refractivity contribution in [3.05, 3.63) is 0 Å². The summed E-state index contributed by atoms with van der Waals surface area (Å²) in [5, 5.41) is 12.0. The molecule has 0 amide bonds. The van der Waals surface area contributed by atoms with Crippen LogP contribution in [-0.4, -0.2) is 120 Å². The summed E-state index contributed by atoms with van der Waals surface area (Å²) in [5.74, 6) is 0. The molecule has 0 saturated heterocycles. The fourth-order valence-electron chi connectivity index (χ4n) is 0. The zero-order valence-corrected chi connectivity index (χ0v) is 0.894. The van der Waals surface area contributed by atoms with Gasteiger partial charge in [-0.25, -0.2) is 0 Å². The van der Waals surface area contributed by atoms with Crippen LogP contribution in [0.5, 0.6) is 0 Å². The zero-order valence-electron chi connectivity index (χ0n) is 0.894. The van der Waals surface area contributed by atoms with Crippen LogP contribution in [0.15, 0.2) is 0 Å². The van der Waals surface area contributed by atoms with Crippen molar-refractivity contribution in [1.82, 2.24) is 0 Å². The summed E-state index contributed by atoms with van der Waals surface area (Å²) >= 11 is 0. The Morgan fingerprint density at radius 1 is 1.00 bits per heavy atom. The van der Waals surface area contributed by atoms with Crippen LogP contribution >= 0.6 is 0 Å². The second-order valence-corrected chi connectivity index (χ2v) is 0. The Morgan fingerprint density at radius 2 is 1.00 bits per heavy atom. The summed E-state index contributed by atoms with van der Waals surface area (Å²) < 4.78 is 0. The molecule has 0 aliphatic heterocycles. The molecule has 0 aromatic carbocycles. The second kappa shape index (κ2) is 16.2. The molecule has 0 saturated carbocycles. The Morgan fingerprint density at radius 3 is 1.00 bits per heavy atom. The van der Waals surface area contributed by atoms with Crippen molar-refractivity contribution in [2.45, 2.75) is 0 Å². The summed E-state index contributed by atoms with van der Waals surface area (Å²) in [5.41, 5.74) is 0. The van der Waals surface area contributed by atoms with Crippen LogP contribution in [0.25, 0.3) is 0 Å². The second-order valence-electron chi connectivity index (χ2n) is 0. The van der Waals surface area contributed by atoms with E-state index in [0.717, 1.165) is 0 Å². The van der Waals surface area contributed by atoms with Crippen molar-refractivity contribution < 1.29 is 10.5 Å². The van der Waals surface area contributed by atoms with E-state index in [0.29, 0.717) is 0 Å². The molecule has 0 radical (unpaired) electrons. The predicted octanol–water partition coefficient (Wildman–Crippen LogP) is -1.28. The first-order valence-corrected chi connectivity index (χ1v) is 0.200. The Labute approximate surface area is 116 Å². The first kappa shape index (κ1) is 15.7. The van der Waals surface area contributed by atoms with E-state index in [9.17, 15) is 0 Å². The van der Waals surface area contributed by atoms with Crippen LogP contribution in [0.2, 0.25) is 0 Å². The van der Waals surface area contributed by atoms with Gasteiger partial charge in [0.25, 0.3) is 0 Å². The average molecular weight is 161 g/mol. The fourth-order valence-corrected chi connectivity index (χ4v) is 0. The topological polar surface area (TPSA) is 40.5 Å². The fraction of sp³-hybridized carbons (Fsp3) is 0. The molecule has 0 rings (SSSR count). The zero-order chi connectivity index (χ0) is 2.00. The van der Waals surface area contributed by atoms with Gasteiger partial charge in [0.05, 0.1) is 0 Å². The van der Waals surface area contributed by atoms with E-state index in [1.807, 2.05) is 0 Å². The van der Waals surface area contributed by atoms with Crippen LogP contribution in [0.3, 0.4) is 0 Å². The van der Waals surface area contributed by atoms with Gasteiger partial charge in [-0.3, -0.25) is 10.5 Å². The van der Waals surface area contributed by atoms with E-state index in [1.54, 1.807) is 0 Å². The molecule has 0 aromatic rings. The molecule has 2 nitrogen and oxygen atoms in total. The molecule has 18 valence electrons. The van der Waals surface area contributed by atoms with Gasteiger partial charge in [0.2, 0.25) is 0 Å². The molecule has 0 heterocycles. The molecule has 0 spiro atoms. The van der Waals surface area contributed by atoms with E-state index in [1.165, 1.54) is 0 Å². The SMILES string of the molecule is OO.[KH].[RbH]. The molecule has 4 heteroatoms. The molecule has 0 fully saturated rings. The van der Waals surface area contributed by atoms with Crippen LogP contribution < -0.4 is 0 Å². The third kappa shape index (κ3) is 9.03. The Balaban J connectivity index is -0.00000000500. The average Bonchev–Trinajstić information content (AvgIpc) is 1.00. The molecule has 0 atom stereocenters. The van der Waals surface area contributed by atoms with Gasteiger partial charge in [0, 0.05) is 0 Å². The predicted molar refractivity (Wildman–Crippen MR) is 19.6 cm³/mol. The van der Waals surface area contributed by atoms with Gasteiger partial charge in [-0.15, -0.1) is 0 Å². The van der Waals surface area contributed by atoms with Gasteiger partial charge in [-0.05, 0) is 0 Å². The first-order chi connectivity index (χ1) is 1.00. The molecular formula is H4KO2Rb.